The number of pyridine rings is 1. The normalized spacial score (nSPS) is 14.9. The van der Waals surface area contributed by atoms with Gasteiger partial charge in [-0.15, -0.1) is 0 Å². The summed E-state index contributed by atoms with van der Waals surface area (Å²) in [5.74, 6) is 2.24. The van der Waals surface area contributed by atoms with Gasteiger partial charge < -0.3 is 9.88 Å². The number of aryl methyl sites for hydroxylation is 2. The fourth-order valence-corrected chi connectivity index (χ4v) is 3.89. The van der Waals surface area contributed by atoms with Gasteiger partial charge in [-0.25, -0.2) is 9.97 Å². The number of fused-ring (bicyclic) bond motifs is 1. The summed E-state index contributed by atoms with van der Waals surface area (Å²) in [6.07, 6.45) is 7.51. The Kier molecular flexibility index (Phi) is 4.92. The van der Waals surface area contributed by atoms with Crippen LogP contribution in [0.1, 0.15) is 49.5 Å². The molecule has 3 heterocycles. The minimum Gasteiger partial charge on any atom is -0.369 e. The second-order valence-electron chi connectivity index (χ2n) is 7.35. The zero-order chi connectivity index (χ0) is 18.8. The summed E-state index contributed by atoms with van der Waals surface area (Å²) >= 11 is 0. The fraction of sp³-hybridized carbons (Fsp3) is 0.500. The first kappa shape index (κ1) is 17.7. The Morgan fingerprint density at radius 2 is 2.04 bits per heavy atom. The fourth-order valence-electron chi connectivity index (χ4n) is 3.89. The predicted octanol–water partition coefficient (Wildman–Crippen LogP) is 2.99. The predicted molar refractivity (Wildman–Crippen MR) is 106 cm³/mol. The van der Waals surface area contributed by atoms with Crippen LogP contribution in [0.3, 0.4) is 0 Å². The van der Waals surface area contributed by atoms with Crippen LogP contribution in [0.15, 0.2) is 29.2 Å². The van der Waals surface area contributed by atoms with E-state index in [1.54, 1.807) is 12.1 Å². The average molecular weight is 366 g/mol. The van der Waals surface area contributed by atoms with E-state index >= 15 is 0 Å². The van der Waals surface area contributed by atoms with E-state index in [0.717, 1.165) is 41.3 Å². The van der Waals surface area contributed by atoms with Crippen LogP contribution >= 0.6 is 0 Å². The van der Waals surface area contributed by atoms with Gasteiger partial charge in [0.1, 0.15) is 11.6 Å². The largest absolute Gasteiger partial charge is 0.369 e. The Hall–Kier alpha value is -2.70. The Morgan fingerprint density at radius 3 is 2.81 bits per heavy atom. The summed E-state index contributed by atoms with van der Waals surface area (Å²) in [5, 5.41) is 8.76. The van der Waals surface area contributed by atoms with Crippen LogP contribution in [0.5, 0.6) is 0 Å². The first-order valence-electron chi connectivity index (χ1n) is 9.73. The first-order chi connectivity index (χ1) is 13.1. The summed E-state index contributed by atoms with van der Waals surface area (Å²) in [7, 11) is 1.92. The maximum Gasteiger partial charge on any atom is 0.250 e. The third-order valence-corrected chi connectivity index (χ3v) is 5.45. The number of nitrogens with zero attached hydrogens (tertiary/aromatic N) is 5. The summed E-state index contributed by atoms with van der Waals surface area (Å²) in [5.41, 5.74) is 1.92. The minimum atomic E-state index is 0.0511. The smallest absolute Gasteiger partial charge is 0.250 e. The molecule has 0 aromatic carbocycles. The van der Waals surface area contributed by atoms with E-state index in [1.165, 1.54) is 25.7 Å². The number of hydrogen-bond donors (Lipinski definition) is 1. The molecule has 1 saturated carbocycles. The number of aromatic nitrogens is 5. The molecular weight excluding hydrogens is 340 g/mol. The van der Waals surface area contributed by atoms with Crippen molar-refractivity contribution >= 4 is 16.9 Å². The third kappa shape index (κ3) is 3.59. The van der Waals surface area contributed by atoms with Gasteiger partial charge in [0.15, 0.2) is 5.65 Å². The van der Waals surface area contributed by atoms with Crippen molar-refractivity contribution in [2.24, 2.45) is 7.05 Å². The van der Waals surface area contributed by atoms with Gasteiger partial charge in [0.2, 0.25) is 0 Å². The van der Waals surface area contributed by atoms with E-state index in [9.17, 15) is 4.79 Å². The van der Waals surface area contributed by atoms with Crippen LogP contribution in [0.25, 0.3) is 11.0 Å². The van der Waals surface area contributed by atoms with Crippen molar-refractivity contribution in [1.29, 1.82) is 0 Å². The molecule has 7 heteroatoms. The highest BCUT2D eigenvalue weighted by molar-refractivity contribution is 5.86. The van der Waals surface area contributed by atoms with E-state index in [0.29, 0.717) is 12.5 Å². The Labute approximate surface area is 158 Å². The molecule has 27 heavy (non-hydrogen) atoms. The lowest BCUT2D eigenvalue weighted by molar-refractivity contribution is 0.621. The van der Waals surface area contributed by atoms with E-state index in [2.05, 4.69) is 10.4 Å². The van der Waals surface area contributed by atoms with Crippen molar-refractivity contribution < 1.29 is 0 Å². The molecule has 3 aromatic rings. The molecule has 1 aliphatic rings. The summed E-state index contributed by atoms with van der Waals surface area (Å²) in [4.78, 5) is 21.6. The minimum absolute atomic E-state index is 0.0511. The Bertz CT molecular complexity index is 999. The zero-order valence-electron chi connectivity index (χ0n) is 16.0. The monoisotopic (exact) mass is 366 g/mol. The lowest BCUT2D eigenvalue weighted by atomic mass is 10.1. The molecule has 142 valence electrons. The van der Waals surface area contributed by atoms with Gasteiger partial charge in [0.05, 0.1) is 11.6 Å². The van der Waals surface area contributed by atoms with Crippen LogP contribution in [0.4, 0.5) is 5.82 Å². The molecule has 7 nitrogen and oxygen atoms in total. The van der Waals surface area contributed by atoms with Crippen molar-refractivity contribution in [3.8, 4) is 0 Å². The van der Waals surface area contributed by atoms with E-state index in [-0.39, 0.29) is 5.56 Å². The number of hydrogen-bond acceptors (Lipinski definition) is 5. The van der Waals surface area contributed by atoms with Crippen molar-refractivity contribution in [1.82, 2.24) is 24.3 Å². The van der Waals surface area contributed by atoms with Gasteiger partial charge in [-0.2, -0.15) is 5.10 Å². The highest BCUT2D eigenvalue weighted by atomic mass is 16.1. The van der Waals surface area contributed by atoms with Crippen molar-refractivity contribution in [2.75, 3.05) is 11.9 Å². The van der Waals surface area contributed by atoms with Crippen LogP contribution in [0.2, 0.25) is 0 Å². The maximum absolute atomic E-state index is 12.0. The molecule has 0 amide bonds. The summed E-state index contributed by atoms with van der Waals surface area (Å²) in [6, 6.07) is 5.38. The highest BCUT2D eigenvalue weighted by Crippen LogP contribution is 2.34. The van der Waals surface area contributed by atoms with Gasteiger partial charge in [-0.05, 0) is 32.3 Å². The Balaban J connectivity index is 1.50. The van der Waals surface area contributed by atoms with Crippen LogP contribution in [-0.2, 0) is 13.6 Å². The number of rotatable bonds is 6. The molecule has 1 aliphatic carbocycles. The molecule has 0 aliphatic heterocycles. The molecule has 0 spiro atoms. The molecule has 0 unspecified atom stereocenters. The Morgan fingerprint density at radius 1 is 1.22 bits per heavy atom. The van der Waals surface area contributed by atoms with E-state index < -0.39 is 0 Å². The van der Waals surface area contributed by atoms with Crippen molar-refractivity contribution in [3.63, 3.8) is 0 Å². The average Bonchev–Trinajstić information content (AvgIpc) is 3.31. The van der Waals surface area contributed by atoms with Gasteiger partial charge >= 0.3 is 0 Å². The summed E-state index contributed by atoms with van der Waals surface area (Å²) < 4.78 is 3.62. The van der Waals surface area contributed by atoms with Crippen molar-refractivity contribution in [3.05, 3.63) is 46.3 Å². The summed E-state index contributed by atoms with van der Waals surface area (Å²) in [6.45, 7) is 3.40. The molecule has 1 fully saturated rings. The topological polar surface area (TPSA) is 77.6 Å². The highest BCUT2D eigenvalue weighted by Gasteiger charge is 2.22. The third-order valence-electron chi connectivity index (χ3n) is 5.45. The van der Waals surface area contributed by atoms with Gasteiger partial charge in [-0.3, -0.25) is 9.48 Å². The lowest BCUT2D eigenvalue weighted by Gasteiger charge is -2.13. The van der Waals surface area contributed by atoms with Crippen LogP contribution in [-0.4, -0.2) is 30.9 Å². The number of nitrogens with one attached hydrogen (secondary N) is 1. The quantitative estimate of drug-likeness (QED) is 0.679. The molecule has 4 rings (SSSR count). The van der Waals surface area contributed by atoms with Gasteiger partial charge in [0, 0.05) is 37.8 Å². The molecule has 1 N–H and O–H groups in total. The van der Waals surface area contributed by atoms with E-state index in [1.807, 2.05) is 35.5 Å². The van der Waals surface area contributed by atoms with Gasteiger partial charge in [-0.1, -0.05) is 18.9 Å². The van der Waals surface area contributed by atoms with Crippen LogP contribution in [0, 0.1) is 6.92 Å². The lowest BCUT2D eigenvalue weighted by Crippen LogP contribution is -2.22. The second-order valence-corrected chi connectivity index (χ2v) is 7.35. The first-order valence-corrected chi connectivity index (χ1v) is 9.73. The molecule has 0 radical (unpaired) electrons. The van der Waals surface area contributed by atoms with Gasteiger partial charge in [0.25, 0.3) is 5.56 Å². The second kappa shape index (κ2) is 7.50. The van der Waals surface area contributed by atoms with Crippen LogP contribution < -0.4 is 10.9 Å². The molecular formula is C20H26N6O. The maximum atomic E-state index is 12.0. The zero-order valence-corrected chi connectivity index (χ0v) is 16.0. The molecule has 0 bridgehead atoms. The number of anilines is 1. The standard InChI is InChI=1S/C20H26N6O/c1-14-7-5-10-17(27)26(14)12-6-11-21-19-16-13-22-25(2)20(16)24-18(23-19)15-8-3-4-9-15/h5,7,10,13,15H,3-4,6,8-9,11-12H2,1-2H3,(H,21,23,24). The molecule has 0 atom stereocenters. The SMILES string of the molecule is Cc1cccc(=O)n1CCCNc1nc(C2CCCC2)nc2c1cnn2C. The van der Waals surface area contributed by atoms with E-state index in [4.69, 9.17) is 9.97 Å². The molecule has 3 aromatic heterocycles. The van der Waals surface area contributed by atoms with Crippen molar-refractivity contribution in [2.45, 2.75) is 51.5 Å². The molecule has 0 saturated heterocycles.